The molecule has 0 aliphatic heterocycles. The van der Waals surface area contributed by atoms with Gasteiger partial charge in [-0.1, -0.05) is 6.07 Å². The van der Waals surface area contributed by atoms with Crippen LogP contribution in [0.3, 0.4) is 0 Å². The highest BCUT2D eigenvalue weighted by atomic mass is 32.1. The van der Waals surface area contributed by atoms with Gasteiger partial charge in [0.25, 0.3) is 5.91 Å². The molecule has 2 aromatic rings. The summed E-state index contributed by atoms with van der Waals surface area (Å²) in [5, 5.41) is 4.80. The van der Waals surface area contributed by atoms with Crippen LogP contribution >= 0.6 is 11.3 Å². The van der Waals surface area contributed by atoms with Crippen molar-refractivity contribution in [1.29, 1.82) is 0 Å². The lowest BCUT2D eigenvalue weighted by Gasteiger charge is -2.04. The number of pyridine rings is 1. The van der Waals surface area contributed by atoms with Crippen molar-refractivity contribution >= 4 is 29.2 Å². The van der Waals surface area contributed by atoms with Crippen LogP contribution in [0.1, 0.15) is 15.4 Å². The summed E-state index contributed by atoms with van der Waals surface area (Å²) in [5.41, 5.74) is 1.14. The Kier molecular flexibility index (Phi) is 5.36. The fourth-order valence-electron chi connectivity index (χ4n) is 1.61. The average molecular weight is 334 g/mol. The summed E-state index contributed by atoms with van der Waals surface area (Å²) < 4.78 is 4.88. The Morgan fingerprint density at radius 1 is 1.30 bits per heavy atom. The fourth-order valence-corrected chi connectivity index (χ4v) is 2.54. The van der Waals surface area contributed by atoms with Crippen molar-refractivity contribution in [3.8, 4) is 10.7 Å². The first-order valence-corrected chi connectivity index (χ1v) is 7.40. The number of nitrogens with zero attached hydrogens (tertiary/aromatic N) is 2. The Hall–Kier alpha value is -2.81. The van der Waals surface area contributed by atoms with Crippen LogP contribution in [-0.4, -0.2) is 41.5 Å². The lowest BCUT2D eigenvalue weighted by Crippen LogP contribution is -2.39. The molecule has 8 nitrogen and oxygen atoms in total. The monoisotopic (exact) mass is 334 g/mol. The highest BCUT2D eigenvalue weighted by Gasteiger charge is 2.19. The third-order valence-corrected chi connectivity index (χ3v) is 3.84. The van der Waals surface area contributed by atoms with E-state index in [1.165, 1.54) is 7.05 Å². The largest absolute Gasteiger partial charge is 0.451 e. The van der Waals surface area contributed by atoms with Crippen LogP contribution in [0.25, 0.3) is 10.7 Å². The van der Waals surface area contributed by atoms with Gasteiger partial charge in [-0.2, -0.15) is 0 Å². The minimum Gasteiger partial charge on any atom is -0.451 e. The van der Waals surface area contributed by atoms with Gasteiger partial charge in [0.2, 0.25) is 0 Å². The number of thiazole rings is 1. The molecule has 0 aliphatic carbocycles. The zero-order valence-electron chi connectivity index (χ0n) is 12.5. The van der Waals surface area contributed by atoms with E-state index in [4.69, 9.17) is 4.74 Å². The lowest BCUT2D eigenvalue weighted by atomic mass is 10.3. The topological polar surface area (TPSA) is 110 Å². The van der Waals surface area contributed by atoms with Crippen molar-refractivity contribution in [2.24, 2.45) is 0 Å². The van der Waals surface area contributed by atoms with Gasteiger partial charge in [0.1, 0.15) is 9.88 Å². The number of nitrogens with one attached hydrogen (secondary N) is 2. The maximum Gasteiger partial charge on any atom is 0.350 e. The van der Waals surface area contributed by atoms with E-state index in [0.29, 0.717) is 21.3 Å². The van der Waals surface area contributed by atoms with Gasteiger partial charge in [-0.15, -0.1) is 11.3 Å². The minimum absolute atomic E-state index is 0.290. The van der Waals surface area contributed by atoms with E-state index in [9.17, 15) is 14.4 Å². The van der Waals surface area contributed by atoms with E-state index in [-0.39, 0.29) is 0 Å². The van der Waals surface area contributed by atoms with Gasteiger partial charge in [0, 0.05) is 13.2 Å². The molecule has 2 heterocycles. The summed E-state index contributed by atoms with van der Waals surface area (Å²) in [6.45, 7) is 1.12. The molecule has 0 aliphatic rings. The summed E-state index contributed by atoms with van der Waals surface area (Å²) in [7, 11) is 1.37. The Morgan fingerprint density at radius 3 is 2.74 bits per heavy atom. The molecule has 0 saturated heterocycles. The van der Waals surface area contributed by atoms with Crippen LogP contribution in [0.15, 0.2) is 24.4 Å². The Balaban J connectivity index is 2.02. The van der Waals surface area contributed by atoms with Gasteiger partial charge >= 0.3 is 12.0 Å². The molecule has 9 heteroatoms. The number of esters is 1. The molecule has 0 saturated carbocycles. The second kappa shape index (κ2) is 7.45. The van der Waals surface area contributed by atoms with E-state index in [2.05, 4.69) is 15.3 Å². The summed E-state index contributed by atoms with van der Waals surface area (Å²) in [5.74, 6) is -1.39. The molecule has 2 N–H and O–H groups in total. The fraction of sp³-hybridized carbons (Fsp3) is 0.214. The highest BCUT2D eigenvalue weighted by Crippen LogP contribution is 2.26. The minimum atomic E-state index is -0.718. The molecule has 0 bridgehead atoms. The Bertz CT molecular complexity index is 730. The number of hydrogen-bond donors (Lipinski definition) is 2. The number of urea groups is 1. The maximum atomic E-state index is 12.0. The maximum absolute atomic E-state index is 12.0. The molecule has 120 valence electrons. The predicted molar refractivity (Wildman–Crippen MR) is 83.0 cm³/mol. The van der Waals surface area contributed by atoms with Crippen LogP contribution in [0.4, 0.5) is 4.79 Å². The number of imide groups is 1. The van der Waals surface area contributed by atoms with Crippen molar-refractivity contribution in [3.05, 3.63) is 35.0 Å². The third kappa shape index (κ3) is 4.33. The van der Waals surface area contributed by atoms with Crippen molar-refractivity contribution in [1.82, 2.24) is 20.6 Å². The number of hydrogen-bond acceptors (Lipinski definition) is 7. The van der Waals surface area contributed by atoms with Gasteiger partial charge in [-0.3, -0.25) is 15.1 Å². The molecule has 2 rings (SSSR count). The van der Waals surface area contributed by atoms with E-state index < -0.39 is 24.5 Å². The molecule has 0 spiro atoms. The number of aryl methyl sites for hydroxylation is 1. The summed E-state index contributed by atoms with van der Waals surface area (Å²) in [4.78, 5) is 43.1. The standard InChI is InChI=1S/C14H14N4O4S/c1-8-11(13(20)22-7-10(19)18-14(21)15-2)23-12(17-8)9-5-3-4-6-16-9/h3-6H,7H2,1-2H3,(H2,15,18,19,21). The normalized spacial score (nSPS) is 10.0. The van der Waals surface area contributed by atoms with Crippen molar-refractivity contribution in [2.75, 3.05) is 13.7 Å². The molecule has 3 amide bonds. The number of amides is 3. The molecule has 0 radical (unpaired) electrons. The zero-order chi connectivity index (χ0) is 16.8. The van der Waals surface area contributed by atoms with E-state index in [0.717, 1.165) is 11.3 Å². The van der Waals surface area contributed by atoms with Gasteiger partial charge < -0.3 is 10.1 Å². The number of carbonyl (C=O) groups excluding carboxylic acids is 3. The molecular weight excluding hydrogens is 320 g/mol. The number of carbonyl (C=O) groups is 3. The van der Waals surface area contributed by atoms with E-state index >= 15 is 0 Å². The molecular formula is C14H14N4O4S. The Morgan fingerprint density at radius 2 is 2.09 bits per heavy atom. The van der Waals surface area contributed by atoms with Crippen molar-refractivity contribution in [2.45, 2.75) is 6.92 Å². The van der Waals surface area contributed by atoms with E-state index in [1.807, 2.05) is 11.4 Å². The van der Waals surface area contributed by atoms with Crippen LogP contribution in [0.2, 0.25) is 0 Å². The average Bonchev–Trinajstić information content (AvgIpc) is 2.95. The summed E-state index contributed by atoms with van der Waals surface area (Å²) in [6, 6.07) is 4.71. The van der Waals surface area contributed by atoms with Crippen molar-refractivity contribution < 1.29 is 19.1 Å². The smallest absolute Gasteiger partial charge is 0.350 e. The first-order valence-electron chi connectivity index (χ1n) is 6.58. The Labute approximate surface area is 135 Å². The molecule has 0 atom stereocenters. The second-order valence-electron chi connectivity index (χ2n) is 4.35. The number of ether oxygens (including phenoxy) is 1. The first-order chi connectivity index (χ1) is 11.0. The highest BCUT2D eigenvalue weighted by molar-refractivity contribution is 7.17. The van der Waals surface area contributed by atoms with Crippen molar-refractivity contribution in [3.63, 3.8) is 0 Å². The van der Waals surface area contributed by atoms with Crippen LogP contribution < -0.4 is 10.6 Å². The lowest BCUT2D eigenvalue weighted by molar-refractivity contribution is -0.123. The van der Waals surface area contributed by atoms with Gasteiger partial charge in [0.05, 0.1) is 11.4 Å². The summed E-state index contributed by atoms with van der Waals surface area (Å²) in [6.07, 6.45) is 1.63. The zero-order valence-corrected chi connectivity index (χ0v) is 13.3. The number of rotatable bonds is 4. The van der Waals surface area contributed by atoms with Crippen LogP contribution in [0.5, 0.6) is 0 Å². The molecule has 0 aromatic carbocycles. The number of aromatic nitrogens is 2. The van der Waals surface area contributed by atoms with E-state index in [1.54, 1.807) is 25.3 Å². The molecule has 0 fully saturated rings. The second-order valence-corrected chi connectivity index (χ2v) is 5.35. The SMILES string of the molecule is CNC(=O)NC(=O)COC(=O)c1sc(-c2ccccn2)nc1C. The van der Waals surface area contributed by atoms with Crippen LogP contribution in [-0.2, 0) is 9.53 Å². The molecule has 0 unspecified atom stereocenters. The van der Waals surface area contributed by atoms with Gasteiger partial charge in [-0.05, 0) is 19.1 Å². The van der Waals surface area contributed by atoms with Gasteiger partial charge in [0.15, 0.2) is 6.61 Å². The first kappa shape index (κ1) is 16.6. The quantitative estimate of drug-likeness (QED) is 0.811. The summed E-state index contributed by atoms with van der Waals surface area (Å²) >= 11 is 1.13. The third-order valence-electron chi connectivity index (χ3n) is 2.68. The molecule has 2 aromatic heterocycles. The predicted octanol–water partition coefficient (Wildman–Crippen LogP) is 1.13. The van der Waals surface area contributed by atoms with Gasteiger partial charge in [-0.25, -0.2) is 14.6 Å². The molecule has 23 heavy (non-hydrogen) atoms. The van der Waals surface area contributed by atoms with Crippen LogP contribution in [0, 0.1) is 6.92 Å².